The van der Waals surface area contributed by atoms with Crippen molar-refractivity contribution >= 4 is 17.9 Å². The van der Waals surface area contributed by atoms with Gasteiger partial charge in [0, 0.05) is 18.2 Å². The van der Waals surface area contributed by atoms with Crippen LogP contribution in [-0.4, -0.2) is 29.6 Å². The largest absolute Gasteiger partial charge is 0.502 e. The molecule has 94 valence electrons. The van der Waals surface area contributed by atoms with E-state index in [2.05, 4.69) is 22.6 Å². The Morgan fingerprint density at radius 3 is 1.88 bits per heavy atom. The van der Waals surface area contributed by atoms with Gasteiger partial charge in [-0.25, -0.2) is 14.4 Å². The average Bonchev–Trinajstić information content (AvgIpc) is 2.65. The van der Waals surface area contributed by atoms with Crippen molar-refractivity contribution in [3.05, 3.63) is 37.6 Å². The Balaban J connectivity index is 0. The molecule has 1 aliphatic heterocycles. The van der Waals surface area contributed by atoms with Gasteiger partial charge in [0.15, 0.2) is 0 Å². The van der Waals surface area contributed by atoms with Crippen LogP contribution in [0.15, 0.2) is 37.6 Å². The number of carbonyl (C=O) groups is 3. The number of rotatable bonds is 3. The number of hydrogen-bond donors (Lipinski definition) is 1. The lowest BCUT2D eigenvalue weighted by atomic mass is 10.6. The van der Waals surface area contributed by atoms with Crippen LogP contribution in [-0.2, 0) is 23.9 Å². The third-order valence-electron chi connectivity index (χ3n) is 1.02. The van der Waals surface area contributed by atoms with Crippen molar-refractivity contribution in [2.45, 2.75) is 6.92 Å². The number of carboxylic acids is 1. The molecule has 6 nitrogen and oxygen atoms in total. The Bertz CT molecular complexity index is 300. The SMILES string of the molecule is C=CC(=O)O.C=COCC.O=C1C=CC(=O)O1. The van der Waals surface area contributed by atoms with Crippen molar-refractivity contribution < 1.29 is 29.0 Å². The highest BCUT2D eigenvalue weighted by Gasteiger charge is 2.10. The molecule has 0 radical (unpaired) electrons. The third-order valence-corrected chi connectivity index (χ3v) is 1.02. The van der Waals surface area contributed by atoms with Crippen molar-refractivity contribution in [3.63, 3.8) is 0 Å². The zero-order chi connectivity index (χ0) is 13.7. The van der Waals surface area contributed by atoms with E-state index >= 15 is 0 Å². The number of aliphatic carboxylic acids is 1. The first-order valence-corrected chi connectivity index (χ1v) is 4.49. The molecule has 1 N–H and O–H groups in total. The molecule has 0 amide bonds. The molecule has 0 saturated carbocycles. The predicted molar refractivity (Wildman–Crippen MR) is 59.9 cm³/mol. The molecule has 0 atom stereocenters. The molecule has 0 aromatic carbocycles. The monoisotopic (exact) mass is 242 g/mol. The topological polar surface area (TPSA) is 89.9 Å². The maximum absolute atomic E-state index is 9.92. The van der Waals surface area contributed by atoms with Gasteiger partial charge in [0.1, 0.15) is 0 Å². The highest BCUT2D eigenvalue weighted by Crippen LogP contribution is 1.92. The Hall–Kier alpha value is -2.37. The zero-order valence-corrected chi connectivity index (χ0v) is 9.42. The van der Waals surface area contributed by atoms with Gasteiger partial charge < -0.3 is 14.6 Å². The third kappa shape index (κ3) is 16.3. The Morgan fingerprint density at radius 1 is 1.41 bits per heavy atom. The molecule has 0 aromatic heterocycles. The summed E-state index contributed by atoms with van der Waals surface area (Å²) in [5, 5.41) is 7.60. The van der Waals surface area contributed by atoms with Crippen molar-refractivity contribution in [2.24, 2.45) is 0 Å². The lowest BCUT2D eigenvalue weighted by molar-refractivity contribution is -0.150. The van der Waals surface area contributed by atoms with Crippen LogP contribution in [0.2, 0.25) is 0 Å². The zero-order valence-electron chi connectivity index (χ0n) is 9.42. The molecule has 1 rings (SSSR count). The van der Waals surface area contributed by atoms with Crippen molar-refractivity contribution in [1.29, 1.82) is 0 Å². The Morgan fingerprint density at radius 2 is 1.82 bits per heavy atom. The number of cyclic esters (lactones) is 2. The number of carbonyl (C=O) groups excluding carboxylic acids is 2. The molecular weight excluding hydrogens is 228 g/mol. The fraction of sp³-hybridized carbons (Fsp3) is 0.182. The second-order valence-corrected chi connectivity index (χ2v) is 2.24. The minimum atomic E-state index is -0.981. The number of hydrogen-bond acceptors (Lipinski definition) is 5. The Kier molecular flexibility index (Phi) is 11.7. The molecule has 1 aliphatic rings. The van der Waals surface area contributed by atoms with E-state index < -0.39 is 17.9 Å². The quantitative estimate of drug-likeness (QED) is 0.344. The maximum Gasteiger partial charge on any atom is 0.338 e. The van der Waals surface area contributed by atoms with Gasteiger partial charge in [0.05, 0.1) is 12.9 Å². The van der Waals surface area contributed by atoms with E-state index in [1.54, 1.807) is 0 Å². The van der Waals surface area contributed by atoms with Crippen LogP contribution in [0.25, 0.3) is 0 Å². The fourth-order valence-electron chi connectivity index (χ4n) is 0.421. The van der Waals surface area contributed by atoms with Gasteiger partial charge in [0.2, 0.25) is 0 Å². The number of ether oxygens (including phenoxy) is 2. The highest BCUT2D eigenvalue weighted by molar-refractivity contribution is 6.04. The molecule has 0 fully saturated rings. The smallest absolute Gasteiger partial charge is 0.338 e. The average molecular weight is 242 g/mol. The summed E-state index contributed by atoms with van der Waals surface area (Å²) in [4.78, 5) is 29.1. The summed E-state index contributed by atoms with van der Waals surface area (Å²) in [6.07, 6.45) is 4.44. The first kappa shape index (κ1) is 17.0. The first-order valence-electron chi connectivity index (χ1n) is 4.49. The lowest BCUT2D eigenvalue weighted by Crippen LogP contribution is -1.96. The fourth-order valence-corrected chi connectivity index (χ4v) is 0.421. The first-order chi connectivity index (χ1) is 7.97. The number of esters is 2. The van der Waals surface area contributed by atoms with E-state index in [4.69, 9.17) is 5.11 Å². The van der Waals surface area contributed by atoms with Crippen LogP contribution in [0.5, 0.6) is 0 Å². The summed E-state index contributed by atoms with van der Waals surface area (Å²) in [5.41, 5.74) is 0. The van der Waals surface area contributed by atoms with Crippen LogP contribution in [0.3, 0.4) is 0 Å². The highest BCUT2D eigenvalue weighted by atomic mass is 16.6. The van der Waals surface area contributed by atoms with Crippen LogP contribution in [0, 0.1) is 0 Å². The van der Waals surface area contributed by atoms with Gasteiger partial charge in [-0.05, 0) is 6.92 Å². The van der Waals surface area contributed by atoms with E-state index in [-0.39, 0.29) is 0 Å². The molecule has 0 unspecified atom stereocenters. The number of carboxylic acid groups (broad SMARTS) is 1. The standard InChI is InChI=1S/C4H2O3.C4H8O.C3H4O2/c5-3-1-2-4(6)7-3;1-3-5-4-2;1-2-3(4)5/h1-2H;3H,1,4H2,2H3;2H,1H2,(H,4,5). The molecule has 0 aliphatic carbocycles. The van der Waals surface area contributed by atoms with Crippen molar-refractivity contribution in [2.75, 3.05) is 6.61 Å². The van der Waals surface area contributed by atoms with Gasteiger partial charge >= 0.3 is 17.9 Å². The summed E-state index contributed by atoms with van der Waals surface area (Å²) >= 11 is 0. The summed E-state index contributed by atoms with van der Waals surface area (Å²) in [6, 6.07) is 0. The minimum absolute atomic E-state index is 0.579. The molecule has 17 heavy (non-hydrogen) atoms. The molecule has 0 aromatic rings. The van der Waals surface area contributed by atoms with Crippen LogP contribution >= 0.6 is 0 Å². The molecule has 0 saturated heterocycles. The van der Waals surface area contributed by atoms with E-state index in [9.17, 15) is 14.4 Å². The molecule has 0 spiro atoms. The van der Waals surface area contributed by atoms with Gasteiger partial charge in [-0.2, -0.15) is 0 Å². The van der Waals surface area contributed by atoms with Gasteiger partial charge in [-0.15, -0.1) is 0 Å². The van der Waals surface area contributed by atoms with Crippen LogP contribution < -0.4 is 0 Å². The second-order valence-electron chi connectivity index (χ2n) is 2.24. The summed E-state index contributed by atoms with van der Waals surface area (Å²) in [5.74, 6) is -2.14. The predicted octanol–water partition coefficient (Wildman–Crippen LogP) is 1.05. The van der Waals surface area contributed by atoms with E-state index in [1.807, 2.05) is 6.92 Å². The Labute approximate surface area is 98.8 Å². The lowest BCUT2D eigenvalue weighted by Gasteiger charge is -1.84. The van der Waals surface area contributed by atoms with E-state index in [0.717, 1.165) is 24.8 Å². The van der Waals surface area contributed by atoms with Crippen LogP contribution in [0.4, 0.5) is 0 Å². The molecular formula is C11H14O6. The van der Waals surface area contributed by atoms with E-state index in [1.165, 1.54) is 6.26 Å². The summed E-state index contributed by atoms with van der Waals surface area (Å²) in [6.45, 7) is 8.93. The molecule has 1 heterocycles. The summed E-state index contributed by atoms with van der Waals surface area (Å²) < 4.78 is 8.57. The summed E-state index contributed by atoms with van der Waals surface area (Å²) in [7, 11) is 0. The van der Waals surface area contributed by atoms with Crippen LogP contribution in [0.1, 0.15) is 6.92 Å². The van der Waals surface area contributed by atoms with Crippen molar-refractivity contribution in [3.8, 4) is 0 Å². The normalized spacial score (nSPS) is 11.1. The van der Waals surface area contributed by atoms with Gasteiger partial charge in [-0.3, -0.25) is 0 Å². The van der Waals surface area contributed by atoms with Crippen molar-refractivity contribution in [1.82, 2.24) is 0 Å². The second kappa shape index (κ2) is 11.7. The van der Waals surface area contributed by atoms with E-state index in [0.29, 0.717) is 0 Å². The maximum atomic E-state index is 9.92. The van der Waals surface area contributed by atoms with Gasteiger partial charge in [0.25, 0.3) is 0 Å². The molecule has 6 heteroatoms. The molecule has 0 bridgehead atoms. The van der Waals surface area contributed by atoms with Gasteiger partial charge in [-0.1, -0.05) is 13.2 Å². The minimum Gasteiger partial charge on any atom is -0.502 e.